The topological polar surface area (TPSA) is 78.7 Å². The molecule has 0 fully saturated rings. The summed E-state index contributed by atoms with van der Waals surface area (Å²) in [6.45, 7) is 0.586. The highest BCUT2D eigenvalue weighted by Gasteiger charge is 2.11. The molecule has 0 bridgehead atoms. The second-order valence-electron chi connectivity index (χ2n) is 5.89. The fraction of sp³-hybridized carbons (Fsp3) is 0.118. The third-order valence-electron chi connectivity index (χ3n) is 4.21. The maximum atomic E-state index is 4.52. The van der Waals surface area contributed by atoms with Gasteiger partial charge >= 0.3 is 0 Å². The summed E-state index contributed by atoms with van der Waals surface area (Å²) in [5, 5.41) is 13.0. The van der Waals surface area contributed by atoms with Crippen LogP contribution in [0.3, 0.4) is 0 Å². The van der Waals surface area contributed by atoms with Gasteiger partial charge in [0.2, 0.25) is 0 Å². The molecule has 0 saturated heterocycles. The standard InChI is InChI=1S/C17H14N8/c1-23-10-13(7-20-23)12-5-16-15(19-6-12)9-22-25(16)11-14-8-21-24-4-2-3-18-17(14)24/h2-10H,11H2,1H3. The number of hydrogen-bond donors (Lipinski definition) is 0. The molecule has 122 valence electrons. The molecule has 5 heterocycles. The lowest BCUT2D eigenvalue weighted by Gasteiger charge is -2.03. The van der Waals surface area contributed by atoms with Crippen molar-refractivity contribution in [2.75, 3.05) is 0 Å². The van der Waals surface area contributed by atoms with Crippen molar-refractivity contribution in [1.82, 2.24) is 39.1 Å². The lowest BCUT2D eigenvalue weighted by atomic mass is 10.1. The fourth-order valence-corrected chi connectivity index (χ4v) is 2.96. The molecule has 0 aliphatic heterocycles. The number of fused-ring (bicyclic) bond motifs is 2. The van der Waals surface area contributed by atoms with E-state index in [2.05, 4.69) is 31.3 Å². The second kappa shape index (κ2) is 5.23. The minimum Gasteiger partial charge on any atom is -0.275 e. The number of pyridine rings is 1. The first-order valence-electron chi connectivity index (χ1n) is 7.86. The van der Waals surface area contributed by atoms with Crippen LogP contribution in [-0.2, 0) is 13.6 Å². The number of nitrogens with zero attached hydrogens (tertiary/aromatic N) is 8. The Morgan fingerprint density at radius 1 is 0.960 bits per heavy atom. The Morgan fingerprint density at radius 3 is 2.80 bits per heavy atom. The number of rotatable bonds is 3. The third-order valence-corrected chi connectivity index (χ3v) is 4.21. The molecule has 0 aliphatic rings. The van der Waals surface area contributed by atoms with Gasteiger partial charge in [-0.3, -0.25) is 14.3 Å². The molecule has 5 rings (SSSR count). The number of aromatic nitrogens is 8. The molecule has 8 nitrogen and oxygen atoms in total. The van der Waals surface area contributed by atoms with Crippen molar-refractivity contribution in [3.05, 3.63) is 61.1 Å². The van der Waals surface area contributed by atoms with Gasteiger partial charge in [0.25, 0.3) is 0 Å². The summed E-state index contributed by atoms with van der Waals surface area (Å²) in [6.07, 6.45) is 12.9. The van der Waals surface area contributed by atoms with E-state index in [4.69, 9.17) is 0 Å². The highest BCUT2D eigenvalue weighted by atomic mass is 15.3. The predicted octanol–water partition coefficient (Wildman–Crippen LogP) is 1.92. The van der Waals surface area contributed by atoms with E-state index in [0.717, 1.165) is 33.4 Å². The molecule has 0 unspecified atom stereocenters. The zero-order valence-corrected chi connectivity index (χ0v) is 13.5. The summed E-state index contributed by atoms with van der Waals surface area (Å²) in [7, 11) is 1.90. The van der Waals surface area contributed by atoms with Gasteiger partial charge in [0.05, 0.1) is 30.7 Å². The van der Waals surface area contributed by atoms with E-state index in [-0.39, 0.29) is 0 Å². The molecule has 25 heavy (non-hydrogen) atoms. The molecule has 8 heteroatoms. The maximum absolute atomic E-state index is 4.52. The molecule has 5 aromatic rings. The zero-order chi connectivity index (χ0) is 16.8. The lowest BCUT2D eigenvalue weighted by Crippen LogP contribution is -2.02. The third kappa shape index (κ3) is 2.26. The smallest absolute Gasteiger partial charge is 0.159 e. The molecule has 0 radical (unpaired) electrons. The highest BCUT2D eigenvalue weighted by Crippen LogP contribution is 2.23. The van der Waals surface area contributed by atoms with Gasteiger partial charge in [0, 0.05) is 48.5 Å². The van der Waals surface area contributed by atoms with Gasteiger partial charge in [-0.25, -0.2) is 9.50 Å². The van der Waals surface area contributed by atoms with Gasteiger partial charge < -0.3 is 0 Å². The SMILES string of the molecule is Cn1cc(-c2cnc3cnn(Cc4cnn5cccnc45)c3c2)cn1. The van der Waals surface area contributed by atoms with Crippen LogP contribution in [0, 0.1) is 0 Å². The molecule has 0 N–H and O–H groups in total. The first-order chi connectivity index (χ1) is 12.3. The Hall–Kier alpha value is -3.55. The lowest BCUT2D eigenvalue weighted by molar-refractivity contribution is 0.714. The van der Waals surface area contributed by atoms with Crippen LogP contribution in [0.15, 0.2) is 55.5 Å². The Morgan fingerprint density at radius 2 is 1.92 bits per heavy atom. The Balaban J connectivity index is 1.59. The minimum atomic E-state index is 0.586. The highest BCUT2D eigenvalue weighted by molar-refractivity contribution is 5.80. The molecule has 0 aliphatic carbocycles. The van der Waals surface area contributed by atoms with Crippen molar-refractivity contribution in [3.8, 4) is 11.1 Å². The van der Waals surface area contributed by atoms with Crippen LogP contribution in [0.25, 0.3) is 27.8 Å². The Kier molecular flexibility index (Phi) is 2.90. The normalized spacial score (nSPS) is 11.6. The first kappa shape index (κ1) is 13.8. The molecule has 0 atom stereocenters. The summed E-state index contributed by atoms with van der Waals surface area (Å²) in [5.74, 6) is 0. The summed E-state index contributed by atoms with van der Waals surface area (Å²) in [4.78, 5) is 8.92. The molecule has 0 spiro atoms. The van der Waals surface area contributed by atoms with Crippen molar-refractivity contribution in [2.24, 2.45) is 7.05 Å². The van der Waals surface area contributed by atoms with Crippen LogP contribution in [-0.4, -0.2) is 39.1 Å². The summed E-state index contributed by atoms with van der Waals surface area (Å²) >= 11 is 0. The average molecular weight is 330 g/mol. The largest absolute Gasteiger partial charge is 0.275 e. The van der Waals surface area contributed by atoms with E-state index >= 15 is 0 Å². The monoisotopic (exact) mass is 330 g/mol. The van der Waals surface area contributed by atoms with Gasteiger partial charge in [0.15, 0.2) is 5.65 Å². The van der Waals surface area contributed by atoms with E-state index in [1.807, 2.05) is 48.8 Å². The predicted molar refractivity (Wildman–Crippen MR) is 91.8 cm³/mol. The van der Waals surface area contributed by atoms with Crippen LogP contribution >= 0.6 is 0 Å². The average Bonchev–Trinajstić information content (AvgIpc) is 3.35. The summed E-state index contributed by atoms with van der Waals surface area (Å²) < 4.78 is 5.47. The van der Waals surface area contributed by atoms with E-state index in [1.165, 1.54) is 0 Å². The van der Waals surface area contributed by atoms with Gasteiger partial charge in [-0.2, -0.15) is 15.3 Å². The van der Waals surface area contributed by atoms with Crippen LogP contribution in [0.2, 0.25) is 0 Å². The van der Waals surface area contributed by atoms with Gasteiger partial charge in [-0.05, 0) is 12.1 Å². The van der Waals surface area contributed by atoms with Crippen molar-refractivity contribution in [2.45, 2.75) is 6.54 Å². The van der Waals surface area contributed by atoms with Crippen molar-refractivity contribution >= 4 is 16.7 Å². The Bertz CT molecular complexity index is 1200. The number of hydrogen-bond acceptors (Lipinski definition) is 5. The Labute approximate surface area is 142 Å². The zero-order valence-electron chi connectivity index (χ0n) is 13.5. The van der Waals surface area contributed by atoms with Crippen molar-refractivity contribution in [3.63, 3.8) is 0 Å². The van der Waals surface area contributed by atoms with Gasteiger partial charge in [-0.15, -0.1) is 0 Å². The van der Waals surface area contributed by atoms with E-state index < -0.39 is 0 Å². The molecule has 5 aromatic heterocycles. The van der Waals surface area contributed by atoms with Crippen LogP contribution in [0.4, 0.5) is 0 Å². The molecule has 0 amide bonds. The van der Waals surface area contributed by atoms with Gasteiger partial charge in [0.1, 0.15) is 5.52 Å². The van der Waals surface area contributed by atoms with Crippen LogP contribution < -0.4 is 0 Å². The minimum absolute atomic E-state index is 0.586. The second-order valence-corrected chi connectivity index (χ2v) is 5.89. The molecular formula is C17H14N8. The van der Waals surface area contributed by atoms with Crippen molar-refractivity contribution in [1.29, 1.82) is 0 Å². The molecule has 0 aromatic carbocycles. The number of aryl methyl sites for hydroxylation is 1. The van der Waals surface area contributed by atoms with E-state index in [1.54, 1.807) is 21.6 Å². The first-order valence-corrected chi connectivity index (χ1v) is 7.86. The van der Waals surface area contributed by atoms with E-state index in [0.29, 0.717) is 6.54 Å². The van der Waals surface area contributed by atoms with Crippen molar-refractivity contribution < 1.29 is 0 Å². The van der Waals surface area contributed by atoms with E-state index in [9.17, 15) is 0 Å². The summed E-state index contributed by atoms with van der Waals surface area (Å²) in [5.41, 5.74) is 5.72. The van der Waals surface area contributed by atoms with Crippen LogP contribution in [0.5, 0.6) is 0 Å². The summed E-state index contributed by atoms with van der Waals surface area (Å²) in [6, 6.07) is 3.95. The fourth-order valence-electron chi connectivity index (χ4n) is 2.96. The molecule has 0 saturated carbocycles. The maximum Gasteiger partial charge on any atom is 0.159 e. The quantitative estimate of drug-likeness (QED) is 0.505. The van der Waals surface area contributed by atoms with Gasteiger partial charge in [-0.1, -0.05) is 0 Å². The van der Waals surface area contributed by atoms with Crippen LogP contribution in [0.1, 0.15) is 5.56 Å². The molecular weight excluding hydrogens is 316 g/mol.